The van der Waals surface area contributed by atoms with E-state index in [4.69, 9.17) is 18.0 Å². The number of nitrogens with one attached hydrogen (secondary N) is 1. The molecule has 3 heteroatoms. The third kappa shape index (κ3) is 2.24. The maximum Gasteiger partial charge on any atom is 0.106 e. The minimum absolute atomic E-state index is 0.480. The van der Waals surface area contributed by atoms with Crippen molar-refractivity contribution in [2.24, 2.45) is 17.1 Å². The molecule has 3 N–H and O–H groups in total. The zero-order valence-corrected chi connectivity index (χ0v) is 11.6. The van der Waals surface area contributed by atoms with E-state index >= 15 is 0 Å². The zero-order valence-electron chi connectivity index (χ0n) is 10.8. The second kappa shape index (κ2) is 4.23. The molecule has 2 aliphatic rings. The molecule has 0 bridgehead atoms. The fraction of sp³-hybridized carbons (Fsp3) is 0.533. The molecular weight excluding hydrogens is 240 g/mol. The van der Waals surface area contributed by atoms with Gasteiger partial charge in [-0.3, -0.25) is 0 Å². The normalized spacial score (nSPS) is 20.5. The number of rotatable bonds is 5. The van der Waals surface area contributed by atoms with Crippen LogP contribution in [0.25, 0.3) is 0 Å². The van der Waals surface area contributed by atoms with Crippen LogP contribution >= 0.6 is 12.2 Å². The van der Waals surface area contributed by atoms with Gasteiger partial charge in [-0.1, -0.05) is 18.3 Å². The zero-order chi connectivity index (χ0) is 12.8. The lowest BCUT2D eigenvalue weighted by molar-refractivity contribution is 0.467. The van der Waals surface area contributed by atoms with Gasteiger partial charge in [0.05, 0.1) is 0 Å². The van der Waals surface area contributed by atoms with Gasteiger partial charge in [0, 0.05) is 17.8 Å². The summed E-state index contributed by atoms with van der Waals surface area (Å²) in [4.78, 5) is 0.480. The molecule has 0 aromatic heterocycles. The Labute approximate surface area is 114 Å². The van der Waals surface area contributed by atoms with Crippen molar-refractivity contribution in [1.82, 2.24) is 0 Å². The van der Waals surface area contributed by atoms with E-state index in [0.29, 0.717) is 10.4 Å². The topological polar surface area (TPSA) is 38.0 Å². The molecule has 0 unspecified atom stereocenters. The Morgan fingerprint density at radius 2 is 2.17 bits per heavy atom. The van der Waals surface area contributed by atoms with E-state index in [0.717, 1.165) is 23.7 Å². The standard InChI is InChI=1S/C15H20N2S/c1-10-2-5-12(14(16)18)13(8-10)17-9-15(6-7-15)11-3-4-11/h2,5,8,11,17H,3-4,6-7,9H2,1H3,(H2,16,18). The highest BCUT2D eigenvalue weighted by Crippen LogP contribution is 2.61. The van der Waals surface area contributed by atoms with Gasteiger partial charge < -0.3 is 11.1 Å². The van der Waals surface area contributed by atoms with Gasteiger partial charge in [-0.15, -0.1) is 0 Å². The van der Waals surface area contributed by atoms with Gasteiger partial charge in [0.25, 0.3) is 0 Å². The van der Waals surface area contributed by atoms with E-state index in [2.05, 4.69) is 24.4 Å². The highest BCUT2D eigenvalue weighted by Gasteiger charge is 2.53. The molecule has 3 rings (SSSR count). The smallest absolute Gasteiger partial charge is 0.106 e. The monoisotopic (exact) mass is 260 g/mol. The Morgan fingerprint density at radius 1 is 1.44 bits per heavy atom. The minimum Gasteiger partial charge on any atom is -0.389 e. The fourth-order valence-corrected chi connectivity index (χ4v) is 3.05. The molecule has 0 amide bonds. The molecule has 2 nitrogen and oxygen atoms in total. The van der Waals surface area contributed by atoms with E-state index in [9.17, 15) is 0 Å². The third-order valence-corrected chi connectivity index (χ3v) is 4.63. The summed E-state index contributed by atoms with van der Waals surface area (Å²) in [5.41, 5.74) is 9.70. The molecule has 0 heterocycles. The second-order valence-electron chi connectivity index (χ2n) is 5.90. The van der Waals surface area contributed by atoms with Crippen LogP contribution in [0, 0.1) is 18.3 Å². The van der Waals surface area contributed by atoms with Crippen molar-refractivity contribution < 1.29 is 0 Å². The summed E-state index contributed by atoms with van der Waals surface area (Å²) in [6.07, 6.45) is 5.63. The maximum atomic E-state index is 5.78. The van der Waals surface area contributed by atoms with E-state index in [1.165, 1.54) is 31.2 Å². The van der Waals surface area contributed by atoms with E-state index in [-0.39, 0.29) is 0 Å². The van der Waals surface area contributed by atoms with Gasteiger partial charge in [0.2, 0.25) is 0 Å². The predicted octanol–water partition coefficient (Wildman–Crippen LogP) is 3.23. The van der Waals surface area contributed by atoms with E-state index < -0.39 is 0 Å². The Morgan fingerprint density at radius 3 is 2.72 bits per heavy atom. The van der Waals surface area contributed by atoms with Crippen molar-refractivity contribution in [2.75, 3.05) is 11.9 Å². The predicted molar refractivity (Wildman–Crippen MR) is 79.9 cm³/mol. The summed E-state index contributed by atoms with van der Waals surface area (Å²) in [7, 11) is 0. The van der Waals surface area contributed by atoms with Crippen LogP contribution < -0.4 is 11.1 Å². The summed E-state index contributed by atoms with van der Waals surface area (Å²) in [6.45, 7) is 3.18. The summed E-state index contributed by atoms with van der Waals surface area (Å²) in [5, 5.41) is 3.59. The average molecular weight is 260 g/mol. The molecule has 18 heavy (non-hydrogen) atoms. The Kier molecular flexibility index (Phi) is 2.81. The largest absolute Gasteiger partial charge is 0.389 e. The highest BCUT2D eigenvalue weighted by molar-refractivity contribution is 7.80. The van der Waals surface area contributed by atoms with Gasteiger partial charge in [0.15, 0.2) is 0 Å². The van der Waals surface area contributed by atoms with Gasteiger partial charge in [-0.25, -0.2) is 0 Å². The second-order valence-corrected chi connectivity index (χ2v) is 6.34. The Balaban J connectivity index is 1.75. The summed E-state index contributed by atoms with van der Waals surface area (Å²) in [6, 6.07) is 6.24. The van der Waals surface area contributed by atoms with Crippen LogP contribution in [0.4, 0.5) is 5.69 Å². The lowest BCUT2D eigenvalue weighted by Gasteiger charge is -2.18. The van der Waals surface area contributed by atoms with Crippen LogP contribution in [-0.2, 0) is 0 Å². The van der Waals surface area contributed by atoms with Crippen molar-refractivity contribution in [3.63, 3.8) is 0 Å². The molecular formula is C15H20N2S. The van der Waals surface area contributed by atoms with Crippen molar-refractivity contribution in [3.8, 4) is 0 Å². The molecule has 0 spiro atoms. The molecule has 0 saturated heterocycles. The van der Waals surface area contributed by atoms with E-state index in [1.54, 1.807) is 0 Å². The van der Waals surface area contributed by atoms with Crippen molar-refractivity contribution in [1.29, 1.82) is 0 Å². The molecule has 0 atom stereocenters. The maximum absolute atomic E-state index is 5.78. The number of thiocarbonyl (C=S) groups is 1. The molecule has 2 aliphatic carbocycles. The van der Waals surface area contributed by atoms with Gasteiger partial charge in [-0.2, -0.15) is 0 Å². The van der Waals surface area contributed by atoms with Crippen LogP contribution in [0.5, 0.6) is 0 Å². The first-order valence-electron chi connectivity index (χ1n) is 6.75. The number of nitrogens with two attached hydrogens (primary N) is 1. The number of hydrogen-bond donors (Lipinski definition) is 2. The summed E-state index contributed by atoms with van der Waals surface area (Å²) < 4.78 is 0. The van der Waals surface area contributed by atoms with Crippen molar-refractivity contribution in [2.45, 2.75) is 32.6 Å². The number of hydrogen-bond acceptors (Lipinski definition) is 2. The molecule has 2 fully saturated rings. The highest BCUT2D eigenvalue weighted by atomic mass is 32.1. The van der Waals surface area contributed by atoms with Crippen LogP contribution in [0.3, 0.4) is 0 Å². The first-order valence-corrected chi connectivity index (χ1v) is 7.16. The summed E-state index contributed by atoms with van der Waals surface area (Å²) in [5.74, 6) is 0.975. The minimum atomic E-state index is 0.480. The Hall–Kier alpha value is -1.09. The Bertz CT molecular complexity index is 487. The number of aryl methyl sites for hydroxylation is 1. The lowest BCUT2D eigenvalue weighted by Crippen LogP contribution is -2.20. The van der Waals surface area contributed by atoms with Crippen LogP contribution in [0.1, 0.15) is 36.8 Å². The van der Waals surface area contributed by atoms with E-state index in [1.807, 2.05) is 6.07 Å². The van der Waals surface area contributed by atoms with Crippen LogP contribution in [0.15, 0.2) is 18.2 Å². The van der Waals surface area contributed by atoms with Crippen molar-refractivity contribution in [3.05, 3.63) is 29.3 Å². The molecule has 0 radical (unpaired) electrons. The summed E-state index contributed by atoms with van der Waals surface area (Å²) >= 11 is 5.12. The average Bonchev–Trinajstić information content (AvgIpc) is 3.18. The number of benzene rings is 1. The fourth-order valence-electron chi connectivity index (χ4n) is 2.88. The van der Waals surface area contributed by atoms with Gasteiger partial charge >= 0.3 is 0 Å². The number of anilines is 1. The SMILES string of the molecule is Cc1ccc(C(N)=S)c(NCC2(C3CC3)CC2)c1. The molecule has 1 aromatic carbocycles. The first-order chi connectivity index (χ1) is 8.61. The first kappa shape index (κ1) is 12.0. The van der Waals surface area contributed by atoms with Gasteiger partial charge in [-0.05, 0) is 61.6 Å². The molecule has 1 aromatic rings. The van der Waals surface area contributed by atoms with Crippen molar-refractivity contribution >= 4 is 22.9 Å². The van der Waals surface area contributed by atoms with Crippen LogP contribution in [0.2, 0.25) is 0 Å². The lowest BCUT2D eigenvalue weighted by atomic mass is 10.00. The third-order valence-electron chi connectivity index (χ3n) is 4.41. The van der Waals surface area contributed by atoms with Crippen LogP contribution in [-0.4, -0.2) is 11.5 Å². The quantitative estimate of drug-likeness (QED) is 0.798. The molecule has 2 saturated carbocycles. The molecule has 96 valence electrons. The van der Waals surface area contributed by atoms with Gasteiger partial charge in [0.1, 0.15) is 4.99 Å². The molecule has 0 aliphatic heterocycles.